The largest absolute Gasteiger partial charge is 0.473 e. The highest BCUT2D eigenvalue weighted by Gasteiger charge is 2.04. The number of carboxylic acid groups (broad SMARTS) is 2. The molecule has 5 heteroatoms. The Labute approximate surface area is 93.3 Å². The lowest BCUT2D eigenvalue weighted by Gasteiger charge is -1.81. The molecule has 0 fully saturated rings. The minimum absolute atomic E-state index is 1.02. The minimum Gasteiger partial charge on any atom is -0.473 e. The van der Waals surface area contributed by atoms with Crippen LogP contribution in [-0.4, -0.2) is 22.2 Å². The van der Waals surface area contributed by atoms with Crippen molar-refractivity contribution in [3.05, 3.63) is 43.5 Å². The summed E-state index contributed by atoms with van der Waals surface area (Å²) in [7, 11) is 0. The van der Waals surface area contributed by atoms with Crippen LogP contribution in [0.2, 0.25) is 0 Å². The summed E-state index contributed by atoms with van der Waals surface area (Å²) in [5.74, 6) is -3.65. The summed E-state index contributed by atoms with van der Waals surface area (Å²) in [6.45, 7) is 6.00. The SMILES string of the molecule is C=C.O=C(O)C(=O)O.Sc1ccccc1. The quantitative estimate of drug-likeness (QED) is 0.360. The number of thiol groups is 1. The molecular formula is C10H12O4S. The van der Waals surface area contributed by atoms with Gasteiger partial charge in [0.2, 0.25) is 0 Å². The van der Waals surface area contributed by atoms with Gasteiger partial charge in [0, 0.05) is 4.90 Å². The highest BCUT2D eigenvalue weighted by Crippen LogP contribution is 2.00. The molecule has 0 aliphatic rings. The second-order valence-corrected chi connectivity index (χ2v) is 2.46. The molecule has 0 aliphatic carbocycles. The van der Waals surface area contributed by atoms with Crippen molar-refractivity contribution in [2.24, 2.45) is 0 Å². The van der Waals surface area contributed by atoms with Crippen LogP contribution in [0.1, 0.15) is 0 Å². The maximum atomic E-state index is 9.10. The van der Waals surface area contributed by atoms with E-state index in [-0.39, 0.29) is 0 Å². The molecule has 0 aromatic heterocycles. The van der Waals surface area contributed by atoms with Crippen molar-refractivity contribution in [3.8, 4) is 0 Å². The molecule has 0 aliphatic heterocycles. The lowest BCUT2D eigenvalue weighted by molar-refractivity contribution is -0.159. The van der Waals surface area contributed by atoms with Gasteiger partial charge in [0.25, 0.3) is 0 Å². The summed E-state index contributed by atoms with van der Waals surface area (Å²) in [5.41, 5.74) is 0. The van der Waals surface area contributed by atoms with E-state index in [1.165, 1.54) is 0 Å². The van der Waals surface area contributed by atoms with Gasteiger partial charge < -0.3 is 10.2 Å². The highest BCUT2D eigenvalue weighted by molar-refractivity contribution is 7.80. The van der Waals surface area contributed by atoms with Crippen LogP contribution in [0, 0.1) is 0 Å². The molecule has 2 N–H and O–H groups in total. The first-order valence-corrected chi connectivity index (χ1v) is 4.19. The molecule has 0 amide bonds. The number of aliphatic carboxylic acids is 2. The van der Waals surface area contributed by atoms with Crippen molar-refractivity contribution >= 4 is 24.6 Å². The average Bonchev–Trinajstić information content (AvgIpc) is 2.22. The Morgan fingerprint density at radius 1 is 1.00 bits per heavy atom. The fourth-order valence-corrected chi connectivity index (χ4v) is 0.600. The van der Waals surface area contributed by atoms with Crippen LogP contribution in [0.4, 0.5) is 0 Å². The Bertz CT molecular complexity index is 286. The van der Waals surface area contributed by atoms with E-state index in [2.05, 4.69) is 25.8 Å². The van der Waals surface area contributed by atoms with Gasteiger partial charge in [0.1, 0.15) is 0 Å². The van der Waals surface area contributed by atoms with Gasteiger partial charge in [-0.25, -0.2) is 9.59 Å². The summed E-state index contributed by atoms with van der Waals surface area (Å²) in [4.78, 5) is 19.2. The summed E-state index contributed by atoms with van der Waals surface area (Å²) in [5, 5.41) is 14.8. The zero-order valence-electron chi connectivity index (χ0n) is 7.96. The summed E-state index contributed by atoms with van der Waals surface area (Å²) in [6, 6.07) is 9.79. The third-order valence-electron chi connectivity index (χ3n) is 0.939. The predicted molar refractivity (Wildman–Crippen MR) is 60.2 cm³/mol. The van der Waals surface area contributed by atoms with E-state index in [9.17, 15) is 0 Å². The van der Waals surface area contributed by atoms with Crippen LogP contribution in [0.3, 0.4) is 0 Å². The molecule has 1 aromatic rings. The van der Waals surface area contributed by atoms with Gasteiger partial charge in [-0.05, 0) is 12.1 Å². The van der Waals surface area contributed by atoms with E-state index in [1.54, 1.807) is 0 Å². The zero-order valence-corrected chi connectivity index (χ0v) is 8.85. The number of hydrogen-bond donors (Lipinski definition) is 3. The third kappa shape index (κ3) is 12.2. The highest BCUT2D eigenvalue weighted by atomic mass is 32.1. The van der Waals surface area contributed by atoms with Gasteiger partial charge in [-0.15, -0.1) is 25.8 Å². The lowest BCUT2D eigenvalue weighted by Crippen LogP contribution is -2.09. The van der Waals surface area contributed by atoms with Crippen LogP contribution >= 0.6 is 12.6 Å². The molecule has 0 saturated carbocycles. The van der Waals surface area contributed by atoms with E-state index < -0.39 is 11.9 Å². The molecule has 0 atom stereocenters. The first-order chi connectivity index (χ1) is 7.04. The van der Waals surface area contributed by atoms with Gasteiger partial charge in [-0.3, -0.25) is 0 Å². The van der Waals surface area contributed by atoms with Crippen LogP contribution in [0.5, 0.6) is 0 Å². The van der Waals surface area contributed by atoms with Crippen molar-refractivity contribution in [2.75, 3.05) is 0 Å². The van der Waals surface area contributed by atoms with E-state index in [0.717, 1.165) is 4.90 Å². The Balaban J connectivity index is 0. The second kappa shape index (κ2) is 10.3. The molecule has 0 spiro atoms. The van der Waals surface area contributed by atoms with E-state index >= 15 is 0 Å². The number of rotatable bonds is 0. The molecular weight excluding hydrogens is 216 g/mol. The van der Waals surface area contributed by atoms with Crippen LogP contribution in [-0.2, 0) is 9.59 Å². The fourth-order valence-electron chi connectivity index (χ4n) is 0.428. The summed E-state index contributed by atoms with van der Waals surface area (Å²) in [6.07, 6.45) is 0. The average molecular weight is 228 g/mol. The molecule has 0 bridgehead atoms. The maximum absolute atomic E-state index is 9.10. The molecule has 1 rings (SSSR count). The number of benzene rings is 1. The molecule has 82 valence electrons. The lowest BCUT2D eigenvalue weighted by atomic mass is 10.4. The van der Waals surface area contributed by atoms with E-state index in [0.29, 0.717) is 0 Å². The van der Waals surface area contributed by atoms with E-state index in [1.807, 2.05) is 30.3 Å². The second-order valence-electron chi connectivity index (χ2n) is 1.95. The fraction of sp³-hybridized carbons (Fsp3) is 0. The van der Waals surface area contributed by atoms with Crippen LogP contribution in [0.15, 0.2) is 48.4 Å². The summed E-state index contributed by atoms with van der Waals surface area (Å²) < 4.78 is 0. The Kier molecular flexibility index (Phi) is 10.8. The Morgan fingerprint density at radius 3 is 1.47 bits per heavy atom. The van der Waals surface area contributed by atoms with Gasteiger partial charge in [0.15, 0.2) is 0 Å². The van der Waals surface area contributed by atoms with Gasteiger partial charge in [-0.2, -0.15) is 0 Å². The maximum Gasteiger partial charge on any atom is 0.414 e. The molecule has 0 radical (unpaired) electrons. The van der Waals surface area contributed by atoms with Crippen molar-refractivity contribution in [3.63, 3.8) is 0 Å². The van der Waals surface area contributed by atoms with Gasteiger partial charge >= 0.3 is 11.9 Å². The molecule has 0 saturated heterocycles. The van der Waals surface area contributed by atoms with Crippen molar-refractivity contribution in [2.45, 2.75) is 4.90 Å². The normalized spacial score (nSPS) is 7.27. The molecule has 4 nitrogen and oxygen atoms in total. The molecule has 0 heterocycles. The summed E-state index contributed by atoms with van der Waals surface area (Å²) >= 11 is 4.08. The topological polar surface area (TPSA) is 74.6 Å². The Morgan fingerprint density at radius 2 is 1.33 bits per heavy atom. The Hall–Kier alpha value is -1.75. The van der Waals surface area contributed by atoms with Gasteiger partial charge in [0.05, 0.1) is 0 Å². The molecule has 1 aromatic carbocycles. The molecule has 15 heavy (non-hydrogen) atoms. The zero-order chi connectivity index (χ0) is 12.3. The smallest absolute Gasteiger partial charge is 0.414 e. The number of carbonyl (C=O) groups is 2. The standard InChI is InChI=1S/C6H6S.C2H2O4.C2H4/c7-6-4-2-1-3-5-6;3-1(4)2(5)6;1-2/h1-5,7H;(H,3,4)(H,5,6);1-2H2. The minimum atomic E-state index is -1.82. The monoisotopic (exact) mass is 228 g/mol. The number of hydrogen-bond acceptors (Lipinski definition) is 3. The van der Waals surface area contributed by atoms with Crippen LogP contribution < -0.4 is 0 Å². The van der Waals surface area contributed by atoms with Crippen molar-refractivity contribution < 1.29 is 19.8 Å². The van der Waals surface area contributed by atoms with Crippen molar-refractivity contribution in [1.82, 2.24) is 0 Å². The van der Waals surface area contributed by atoms with Gasteiger partial charge in [-0.1, -0.05) is 18.2 Å². The number of carboxylic acids is 2. The first kappa shape index (κ1) is 15.7. The van der Waals surface area contributed by atoms with E-state index in [4.69, 9.17) is 19.8 Å². The first-order valence-electron chi connectivity index (χ1n) is 3.74. The third-order valence-corrected chi connectivity index (χ3v) is 1.24. The van der Waals surface area contributed by atoms with Crippen LogP contribution in [0.25, 0.3) is 0 Å². The predicted octanol–water partition coefficient (Wildman–Crippen LogP) is 1.93. The van der Waals surface area contributed by atoms with Crippen molar-refractivity contribution in [1.29, 1.82) is 0 Å². The molecule has 0 unspecified atom stereocenters.